The van der Waals surface area contributed by atoms with Crippen LogP contribution in [-0.4, -0.2) is 38.1 Å². The summed E-state index contributed by atoms with van der Waals surface area (Å²) in [5, 5.41) is 5.75. The number of nitrogens with one attached hydrogen (secondary N) is 2. The van der Waals surface area contributed by atoms with Crippen LogP contribution < -0.4 is 15.5 Å². The molecule has 1 rings (SSSR count). The first-order valence-corrected chi connectivity index (χ1v) is 5.38. The van der Waals surface area contributed by atoms with E-state index in [4.69, 9.17) is 0 Å². The van der Waals surface area contributed by atoms with Crippen LogP contribution >= 0.6 is 0 Å². The van der Waals surface area contributed by atoms with Gasteiger partial charge in [-0.05, 0) is 6.07 Å². The van der Waals surface area contributed by atoms with Gasteiger partial charge in [0.2, 0.25) is 5.91 Å². The zero-order chi connectivity index (χ0) is 12.7. The van der Waals surface area contributed by atoms with Crippen molar-refractivity contribution < 1.29 is 4.79 Å². The molecule has 1 aromatic heterocycles. The maximum atomic E-state index is 11.6. The molecule has 0 atom stereocenters. The second-order valence-electron chi connectivity index (χ2n) is 3.76. The highest BCUT2D eigenvalue weighted by atomic mass is 16.1. The highest BCUT2D eigenvalue weighted by molar-refractivity contribution is 5.95. The van der Waals surface area contributed by atoms with E-state index in [1.807, 2.05) is 25.1 Å². The van der Waals surface area contributed by atoms with Crippen molar-refractivity contribution in [2.24, 2.45) is 0 Å². The number of nitrogens with zero attached hydrogens (tertiary/aromatic N) is 2. The van der Waals surface area contributed by atoms with Crippen LogP contribution in [0.2, 0.25) is 0 Å². The number of rotatable bonds is 6. The molecule has 1 heterocycles. The predicted octanol–water partition coefficient (Wildman–Crippen LogP) is 0.862. The van der Waals surface area contributed by atoms with E-state index < -0.39 is 0 Å². The second-order valence-corrected chi connectivity index (χ2v) is 3.76. The summed E-state index contributed by atoms with van der Waals surface area (Å²) in [6, 6.07) is 1.85. The summed E-state index contributed by atoms with van der Waals surface area (Å²) in [5.74, 6) is -0.0945. The lowest BCUT2D eigenvalue weighted by atomic mass is 10.3. The average molecular weight is 234 g/mol. The van der Waals surface area contributed by atoms with Crippen molar-refractivity contribution in [2.75, 3.05) is 37.4 Å². The number of hydrogen-bond donors (Lipinski definition) is 2. The van der Waals surface area contributed by atoms with Crippen molar-refractivity contribution in [3.63, 3.8) is 0 Å². The van der Waals surface area contributed by atoms with Crippen LogP contribution in [0.3, 0.4) is 0 Å². The summed E-state index contributed by atoms with van der Waals surface area (Å²) in [7, 11) is 3.84. The van der Waals surface area contributed by atoms with E-state index in [9.17, 15) is 4.79 Å². The molecule has 0 saturated carbocycles. The zero-order valence-corrected chi connectivity index (χ0v) is 10.2. The van der Waals surface area contributed by atoms with Gasteiger partial charge in [-0.2, -0.15) is 0 Å². The van der Waals surface area contributed by atoms with Crippen LogP contribution in [0.5, 0.6) is 0 Å². The summed E-state index contributed by atoms with van der Waals surface area (Å²) in [6.45, 7) is 4.44. The molecule has 0 aliphatic heterocycles. The molecule has 0 spiro atoms. The average Bonchev–Trinajstić information content (AvgIpc) is 2.29. The van der Waals surface area contributed by atoms with E-state index in [1.54, 1.807) is 18.5 Å². The monoisotopic (exact) mass is 234 g/mol. The van der Waals surface area contributed by atoms with Crippen LogP contribution in [0, 0.1) is 0 Å². The Hall–Kier alpha value is -1.88. The minimum atomic E-state index is -0.0945. The van der Waals surface area contributed by atoms with Crippen LogP contribution in [0.4, 0.5) is 11.4 Å². The largest absolute Gasteiger partial charge is 0.376 e. The van der Waals surface area contributed by atoms with Crippen molar-refractivity contribution in [2.45, 2.75) is 0 Å². The molecule has 17 heavy (non-hydrogen) atoms. The smallest absolute Gasteiger partial charge is 0.238 e. The van der Waals surface area contributed by atoms with Gasteiger partial charge >= 0.3 is 0 Å². The van der Waals surface area contributed by atoms with Gasteiger partial charge in [0.05, 0.1) is 24.1 Å². The Labute approximate surface area is 102 Å². The summed E-state index contributed by atoms with van der Waals surface area (Å²) in [6.07, 6.45) is 5.05. The molecule has 0 unspecified atom stereocenters. The van der Waals surface area contributed by atoms with Crippen LogP contribution in [0.25, 0.3) is 0 Å². The zero-order valence-electron chi connectivity index (χ0n) is 10.2. The molecule has 92 valence electrons. The molecular formula is C12H18N4O. The number of pyridine rings is 1. The lowest BCUT2D eigenvalue weighted by molar-refractivity contribution is -0.115. The summed E-state index contributed by atoms with van der Waals surface area (Å²) in [5.41, 5.74) is 1.64. The quantitative estimate of drug-likeness (QED) is 0.566. The van der Waals surface area contributed by atoms with Crippen molar-refractivity contribution in [1.29, 1.82) is 0 Å². The van der Waals surface area contributed by atoms with Gasteiger partial charge in [0.1, 0.15) is 0 Å². The van der Waals surface area contributed by atoms with E-state index in [2.05, 4.69) is 22.2 Å². The van der Waals surface area contributed by atoms with Gasteiger partial charge in [0.15, 0.2) is 0 Å². The Morgan fingerprint density at radius 3 is 3.00 bits per heavy atom. The third-order valence-electron chi connectivity index (χ3n) is 2.13. The van der Waals surface area contributed by atoms with Gasteiger partial charge in [0.25, 0.3) is 0 Å². The third kappa shape index (κ3) is 4.24. The minimum Gasteiger partial charge on any atom is -0.376 e. The fourth-order valence-electron chi connectivity index (χ4n) is 1.36. The lowest BCUT2D eigenvalue weighted by Gasteiger charge is -2.17. The molecule has 0 radical (unpaired) electrons. The van der Waals surface area contributed by atoms with Gasteiger partial charge in [0, 0.05) is 26.8 Å². The molecule has 1 amide bonds. The van der Waals surface area contributed by atoms with Crippen LogP contribution in [0.15, 0.2) is 31.1 Å². The number of carbonyl (C=O) groups excluding carboxylic acids is 1. The number of carbonyl (C=O) groups is 1. The Morgan fingerprint density at radius 1 is 1.59 bits per heavy atom. The molecule has 5 nitrogen and oxygen atoms in total. The fraction of sp³-hybridized carbons (Fsp3) is 0.333. The number of anilines is 2. The molecule has 5 heteroatoms. The molecule has 0 aromatic carbocycles. The van der Waals surface area contributed by atoms with E-state index in [0.29, 0.717) is 12.2 Å². The predicted molar refractivity (Wildman–Crippen MR) is 70.3 cm³/mol. The Bertz CT molecular complexity index is 390. The normalized spacial score (nSPS) is 9.76. The highest BCUT2D eigenvalue weighted by Crippen LogP contribution is 2.21. The molecule has 0 bridgehead atoms. The molecule has 0 saturated heterocycles. The number of hydrogen-bond acceptors (Lipinski definition) is 4. The third-order valence-corrected chi connectivity index (χ3v) is 2.13. The molecular weight excluding hydrogens is 216 g/mol. The summed E-state index contributed by atoms with van der Waals surface area (Å²) >= 11 is 0. The Morgan fingerprint density at radius 2 is 2.35 bits per heavy atom. The van der Waals surface area contributed by atoms with Gasteiger partial charge < -0.3 is 15.5 Å². The topological polar surface area (TPSA) is 57.3 Å². The molecule has 2 N–H and O–H groups in total. The van der Waals surface area contributed by atoms with Crippen molar-refractivity contribution in [3.8, 4) is 0 Å². The summed E-state index contributed by atoms with van der Waals surface area (Å²) < 4.78 is 0. The van der Waals surface area contributed by atoms with Crippen LogP contribution in [0.1, 0.15) is 0 Å². The molecule has 0 aliphatic rings. The fourth-order valence-corrected chi connectivity index (χ4v) is 1.36. The Balaban J connectivity index is 2.61. The van der Waals surface area contributed by atoms with Crippen molar-refractivity contribution >= 4 is 17.3 Å². The maximum absolute atomic E-state index is 11.6. The van der Waals surface area contributed by atoms with Gasteiger partial charge in [-0.3, -0.25) is 9.78 Å². The molecule has 0 fully saturated rings. The van der Waals surface area contributed by atoms with Gasteiger partial charge in [-0.15, -0.1) is 6.58 Å². The molecule has 0 aliphatic carbocycles. The number of amides is 1. The summed E-state index contributed by atoms with van der Waals surface area (Å²) in [4.78, 5) is 17.5. The van der Waals surface area contributed by atoms with Crippen molar-refractivity contribution in [1.82, 2.24) is 10.3 Å². The van der Waals surface area contributed by atoms with E-state index in [1.165, 1.54) is 0 Å². The SMILES string of the molecule is C=CCNCC(=O)Nc1cnccc1N(C)C. The number of aromatic nitrogens is 1. The minimum absolute atomic E-state index is 0.0945. The van der Waals surface area contributed by atoms with Crippen LogP contribution in [-0.2, 0) is 4.79 Å². The van der Waals surface area contributed by atoms with E-state index in [-0.39, 0.29) is 12.5 Å². The highest BCUT2D eigenvalue weighted by Gasteiger charge is 2.07. The maximum Gasteiger partial charge on any atom is 0.238 e. The van der Waals surface area contributed by atoms with Crippen molar-refractivity contribution in [3.05, 3.63) is 31.1 Å². The van der Waals surface area contributed by atoms with Gasteiger partial charge in [-0.25, -0.2) is 0 Å². The Kier molecular flexibility index (Phi) is 5.16. The molecule has 1 aromatic rings. The second kappa shape index (κ2) is 6.65. The standard InChI is InChI=1S/C12H18N4O/c1-4-6-13-9-12(17)15-10-8-14-7-5-11(10)16(2)3/h4-5,7-8,13H,1,6,9H2,2-3H3,(H,15,17). The van der Waals surface area contributed by atoms with Gasteiger partial charge in [-0.1, -0.05) is 6.08 Å². The first kappa shape index (κ1) is 13.2. The first-order valence-electron chi connectivity index (χ1n) is 5.38. The van der Waals surface area contributed by atoms with E-state index >= 15 is 0 Å². The lowest BCUT2D eigenvalue weighted by Crippen LogP contribution is -2.28. The van der Waals surface area contributed by atoms with E-state index in [0.717, 1.165) is 5.69 Å². The first-order chi connectivity index (χ1) is 8.15.